The Morgan fingerprint density at radius 3 is 2.38 bits per heavy atom. The molecule has 1 aromatic carbocycles. The Morgan fingerprint density at radius 1 is 1.06 bits per heavy atom. The molecular weight excluding hydrogens is 201 g/mol. The summed E-state index contributed by atoms with van der Waals surface area (Å²) < 4.78 is 12.7. The zero-order valence-electron chi connectivity index (χ0n) is 9.28. The van der Waals surface area contributed by atoms with Crippen molar-refractivity contribution in [3.05, 3.63) is 54.0 Å². The van der Waals surface area contributed by atoms with Crippen LogP contribution in [0.1, 0.15) is 18.9 Å². The predicted molar refractivity (Wildman–Crippen MR) is 63.6 cm³/mol. The maximum absolute atomic E-state index is 12.7. The smallest absolute Gasteiger partial charge is 0.141 e. The first-order valence-corrected chi connectivity index (χ1v) is 5.50. The van der Waals surface area contributed by atoms with Gasteiger partial charge in [0.1, 0.15) is 5.82 Å². The summed E-state index contributed by atoms with van der Waals surface area (Å²) in [5.74, 6) is -0.300. The third kappa shape index (κ3) is 2.45. The molecule has 0 N–H and O–H groups in total. The molecule has 1 aromatic heterocycles. The Labute approximate surface area is 95.0 Å². The van der Waals surface area contributed by atoms with E-state index < -0.39 is 0 Å². The molecule has 0 aliphatic rings. The lowest BCUT2D eigenvalue weighted by molar-refractivity contribution is 0.622. The van der Waals surface area contributed by atoms with E-state index in [9.17, 15) is 4.39 Å². The molecule has 0 aliphatic heterocycles. The molecule has 82 valence electrons. The highest BCUT2D eigenvalue weighted by molar-refractivity contribution is 5.59. The van der Waals surface area contributed by atoms with Gasteiger partial charge in [0.05, 0.1) is 11.9 Å². The van der Waals surface area contributed by atoms with E-state index in [0.717, 1.165) is 24.1 Å². The molecule has 0 spiro atoms. The van der Waals surface area contributed by atoms with Crippen LogP contribution in [-0.2, 0) is 6.42 Å². The van der Waals surface area contributed by atoms with Crippen molar-refractivity contribution >= 4 is 0 Å². The molecule has 0 atom stereocenters. The maximum Gasteiger partial charge on any atom is 0.141 e. The largest absolute Gasteiger partial charge is 0.253 e. The zero-order chi connectivity index (χ0) is 11.4. The van der Waals surface area contributed by atoms with Crippen LogP contribution in [0.15, 0.2) is 42.6 Å². The van der Waals surface area contributed by atoms with Crippen LogP contribution in [0.4, 0.5) is 4.39 Å². The van der Waals surface area contributed by atoms with Crippen molar-refractivity contribution in [2.24, 2.45) is 0 Å². The second-order valence-corrected chi connectivity index (χ2v) is 3.81. The Kier molecular flexibility index (Phi) is 3.30. The number of hydrogen-bond donors (Lipinski definition) is 0. The summed E-state index contributed by atoms with van der Waals surface area (Å²) in [6.45, 7) is 2.16. The van der Waals surface area contributed by atoms with Gasteiger partial charge < -0.3 is 0 Å². The first-order chi connectivity index (χ1) is 7.79. The van der Waals surface area contributed by atoms with Crippen LogP contribution in [0.5, 0.6) is 0 Å². The molecule has 2 aromatic rings. The summed E-state index contributed by atoms with van der Waals surface area (Å²) in [5.41, 5.74) is 3.16. The minimum absolute atomic E-state index is 0.300. The molecule has 0 saturated heterocycles. The van der Waals surface area contributed by atoms with Crippen molar-refractivity contribution in [2.75, 3.05) is 0 Å². The Balaban J connectivity index is 2.24. The molecule has 0 saturated carbocycles. The van der Waals surface area contributed by atoms with Crippen molar-refractivity contribution < 1.29 is 4.39 Å². The first-order valence-electron chi connectivity index (χ1n) is 5.50. The molecule has 1 heterocycles. The molecular formula is C14H14FN. The van der Waals surface area contributed by atoms with Gasteiger partial charge in [-0.1, -0.05) is 37.6 Å². The summed E-state index contributed by atoms with van der Waals surface area (Å²) in [4.78, 5) is 4.05. The third-order valence-corrected chi connectivity index (χ3v) is 2.52. The number of hydrogen-bond acceptors (Lipinski definition) is 1. The van der Waals surface area contributed by atoms with Crippen LogP contribution in [-0.4, -0.2) is 4.98 Å². The monoisotopic (exact) mass is 215 g/mol. The topological polar surface area (TPSA) is 12.9 Å². The lowest BCUT2D eigenvalue weighted by atomic mass is 10.1. The van der Waals surface area contributed by atoms with Crippen LogP contribution < -0.4 is 0 Å². The van der Waals surface area contributed by atoms with Gasteiger partial charge in [-0.05, 0) is 24.1 Å². The number of aryl methyl sites for hydroxylation is 1. The Bertz CT molecular complexity index is 445. The minimum atomic E-state index is -0.300. The van der Waals surface area contributed by atoms with Gasteiger partial charge in [0.25, 0.3) is 0 Å². The number of aromatic nitrogens is 1. The lowest BCUT2D eigenvalue weighted by Crippen LogP contribution is -1.86. The van der Waals surface area contributed by atoms with Gasteiger partial charge in [-0.2, -0.15) is 0 Å². The number of rotatable bonds is 3. The summed E-state index contributed by atoms with van der Waals surface area (Å²) in [6.07, 6.45) is 3.49. The minimum Gasteiger partial charge on any atom is -0.253 e. The van der Waals surface area contributed by atoms with E-state index in [1.165, 1.54) is 17.8 Å². The van der Waals surface area contributed by atoms with Crippen LogP contribution in [0, 0.1) is 5.82 Å². The molecule has 2 rings (SSSR count). The van der Waals surface area contributed by atoms with E-state index in [-0.39, 0.29) is 5.82 Å². The van der Waals surface area contributed by atoms with Crippen molar-refractivity contribution in [3.8, 4) is 11.3 Å². The number of halogens is 1. The average molecular weight is 215 g/mol. The SMILES string of the molecule is CCCc1ccc(-c2ccc(F)cn2)cc1. The van der Waals surface area contributed by atoms with Crippen LogP contribution in [0.25, 0.3) is 11.3 Å². The fourth-order valence-electron chi connectivity index (χ4n) is 1.68. The second-order valence-electron chi connectivity index (χ2n) is 3.81. The molecule has 0 bridgehead atoms. The highest BCUT2D eigenvalue weighted by Crippen LogP contribution is 2.17. The normalized spacial score (nSPS) is 10.4. The van der Waals surface area contributed by atoms with Crippen LogP contribution in [0.2, 0.25) is 0 Å². The molecule has 0 amide bonds. The van der Waals surface area contributed by atoms with Gasteiger partial charge in [-0.3, -0.25) is 4.98 Å². The predicted octanol–water partition coefficient (Wildman–Crippen LogP) is 3.84. The van der Waals surface area contributed by atoms with Crippen molar-refractivity contribution in [1.82, 2.24) is 4.98 Å². The molecule has 0 fully saturated rings. The number of benzene rings is 1. The van der Waals surface area contributed by atoms with Crippen molar-refractivity contribution in [3.63, 3.8) is 0 Å². The van der Waals surface area contributed by atoms with Gasteiger partial charge in [0.2, 0.25) is 0 Å². The van der Waals surface area contributed by atoms with Crippen molar-refractivity contribution in [2.45, 2.75) is 19.8 Å². The zero-order valence-corrected chi connectivity index (χ0v) is 9.28. The molecule has 0 unspecified atom stereocenters. The molecule has 0 aliphatic carbocycles. The van der Waals surface area contributed by atoms with Gasteiger partial charge in [-0.15, -0.1) is 0 Å². The van der Waals surface area contributed by atoms with Gasteiger partial charge in [0.15, 0.2) is 0 Å². The van der Waals surface area contributed by atoms with E-state index in [4.69, 9.17) is 0 Å². The molecule has 2 heteroatoms. The highest BCUT2D eigenvalue weighted by atomic mass is 19.1. The summed E-state index contributed by atoms with van der Waals surface area (Å²) in [6, 6.07) is 11.4. The van der Waals surface area contributed by atoms with Crippen LogP contribution in [0.3, 0.4) is 0 Å². The number of nitrogens with zero attached hydrogens (tertiary/aromatic N) is 1. The van der Waals surface area contributed by atoms with Crippen molar-refractivity contribution in [1.29, 1.82) is 0 Å². The third-order valence-electron chi connectivity index (χ3n) is 2.52. The second kappa shape index (κ2) is 4.88. The molecule has 1 nitrogen and oxygen atoms in total. The fourth-order valence-corrected chi connectivity index (χ4v) is 1.68. The molecule has 0 radical (unpaired) electrons. The van der Waals surface area contributed by atoms with E-state index in [0.29, 0.717) is 0 Å². The maximum atomic E-state index is 12.7. The van der Waals surface area contributed by atoms with Crippen LogP contribution >= 0.6 is 0 Å². The standard InChI is InChI=1S/C14H14FN/c1-2-3-11-4-6-12(7-5-11)14-9-8-13(15)10-16-14/h4-10H,2-3H2,1H3. The van der Waals surface area contributed by atoms with E-state index >= 15 is 0 Å². The fraction of sp³-hybridized carbons (Fsp3) is 0.214. The van der Waals surface area contributed by atoms with E-state index in [1.807, 2.05) is 12.1 Å². The first kappa shape index (κ1) is 10.8. The average Bonchev–Trinajstić information content (AvgIpc) is 2.32. The van der Waals surface area contributed by atoms with Gasteiger partial charge in [-0.25, -0.2) is 4.39 Å². The Morgan fingerprint density at radius 2 is 1.81 bits per heavy atom. The highest BCUT2D eigenvalue weighted by Gasteiger charge is 1.99. The summed E-state index contributed by atoms with van der Waals surface area (Å²) >= 11 is 0. The Hall–Kier alpha value is -1.70. The van der Waals surface area contributed by atoms with Gasteiger partial charge in [0, 0.05) is 5.56 Å². The summed E-state index contributed by atoms with van der Waals surface area (Å²) in [5, 5.41) is 0. The van der Waals surface area contributed by atoms with E-state index in [2.05, 4.69) is 24.0 Å². The quantitative estimate of drug-likeness (QED) is 0.758. The van der Waals surface area contributed by atoms with E-state index in [1.54, 1.807) is 6.07 Å². The van der Waals surface area contributed by atoms with Gasteiger partial charge >= 0.3 is 0 Å². The number of pyridine rings is 1. The summed E-state index contributed by atoms with van der Waals surface area (Å²) in [7, 11) is 0. The molecule has 16 heavy (non-hydrogen) atoms. The lowest BCUT2D eigenvalue weighted by Gasteiger charge is -2.02.